The Labute approximate surface area is 129 Å². The number of ether oxygens (including phenoxy) is 2. The van der Waals surface area contributed by atoms with Crippen LogP contribution in [0.5, 0.6) is 5.75 Å². The summed E-state index contributed by atoms with van der Waals surface area (Å²) in [6, 6.07) is 7.46. The smallest absolute Gasteiger partial charge is 0.407 e. The van der Waals surface area contributed by atoms with Crippen LogP contribution in [0.3, 0.4) is 0 Å². The van der Waals surface area contributed by atoms with Crippen molar-refractivity contribution in [2.24, 2.45) is 0 Å². The predicted octanol–water partition coefficient (Wildman–Crippen LogP) is 2.72. The summed E-state index contributed by atoms with van der Waals surface area (Å²) in [4.78, 5) is 15.6. The van der Waals surface area contributed by atoms with Crippen LogP contribution in [0, 0.1) is 0 Å². The number of amides is 1. The van der Waals surface area contributed by atoms with Gasteiger partial charge in [0.2, 0.25) is 0 Å². The maximum Gasteiger partial charge on any atom is 0.407 e. The van der Waals surface area contributed by atoms with E-state index in [0.29, 0.717) is 24.7 Å². The van der Waals surface area contributed by atoms with E-state index < -0.39 is 11.7 Å². The lowest BCUT2D eigenvalue weighted by molar-refractivity contribution is 0.0520. The van der Waals surface area contributed by atoms with Crippen LogP contribution in [0.2, 0.25) is 0 Å². The molecule has 0 spiro atoms. The van der Waals surface area contributed by atoms with E-state index in [0.717, 1.165) is 10.8 Å². The van der Waals surface area contributed by atoms with Gasteiger partial charge in [-0.2, -0.15) is 0 Å². The van der Waals surface area contributed by atoms with Crippen LogP contribution < -0.4 is 15.8 Å². The van der Waals surface area contributed by atoms with Gasteiger partial charge in [0.1, 0.15) is 23.8 Å². The van der Waals surface area contributed by atoms with E-state index in [1.165, 1.54) is 0 Å². The summed E-state index contributed by atoms with van der Waals surface area (Å²) in [5, 5.41) is 4.39. The normalized spacial score (nSPS) is 11.2. The molecule has 0 fully saturated rings. The number of aromatic nitrogens is 1. The molecule has 3 N–H and O–H groups in total. The topological polar surface area (TPSA) is 86.5 Å². The largest absolute Gasteiger partial charge is 0.491 e. The highest BCUT2D eigenvalue weighted by Gasteiger charge is 2.15. The molecular weight excluding hydrogens is 282 g/mol. The second kappa shape index (κ2) is 6.51. The highest BCUT2D eigenvalue weighted by atomic mass is 16.6. The lowest BCUT2D eigenvalue weighted by Gasteiger charge is -2.19. The summed E-state index contributed by atoms with van der Waals surface area (Å²) in [5.74, 6) is 1.17. The average molecular weight is 303 g/mol. The van der Waals surface area contributed by atoms with Gasteiger partial charge in [-0.05, 0) is 32.9 Å². The van der Waals surface area contributed by atoms with Gasteiger partial charge in [-0.25, -0.2) is 9.78 Å². The van der Waals surface area contributed by atoms with Gasteiger partial charge in [-0.15, -0.1) is 0 Å². The number of rotatable bonds is 4. The molecule has 0 aliphatic heterocycles. The third-order valence-corrected chi connectivity index (χ3v) is 2.82. The van der Waals surface area contributed by atoms with Gasteiger partial charge in [-0.1, -0.05) is 12.1 Å². The molecule has 0 saturated carbocycles. The Morgan fingerprint density at radius 2 is 2.05 bits per heavy atom. The third-order valence-electron chi connectivity index (χ3n) is 2.82. The molecule has 0 atom stereocenters. The molecule has 0 bridgehead atoms. The first-order valence-electron chi connectivity index (χ1n) is 7.10. The lowest BCUT2D eigenvalue weighted by Crippen LogP contribution is -2.34. The first kappa shape index (κ1) is 15.9. The second-order valence-electron chi connectivity index (χ2n) is 5.82. The van der Waals surface area contributed by atoms with E-state index >= 15 is 0 Å². The summed E-state index contributed by atoms with van der Waals surface area (Å²) in [6.45, 7) is 6.14. The summed E-state index contributed by atoms with van der Waals surface area (Å²) >= 11 is 0. The van der Waals surface area contributed by atoms with Crippen molar-refractivity contribution in [3.63, 3.8) is 0 Å². The number of nitrogen functional groups attached to an aromatic ring is 1. The Morgan fingerprint density at radius 3 is 2.77 bits per heavy atom. The monoisotopic (exact) mass is 303 g/mol. The fourth-order valence-electron chi connectivity index (χ4n) is 1.96. The van der Waals surface area contributed by atoms with Crippen molar-refractivity contribution >= 4 is 22.7 Å². The molecule has 1 aromatic heterocycles. The van der Waals surface area contributed by atoms with E-state index in [9.17, 15) is 4.79 Å². The zero-order chi connectivity index (χ0) is 16.2. The number of nitrogens with two attached hydrogens (primary N) is 1. The van der Waals surface area contributed by atoms with E-state index in [4.69, 9.17) is 15.2 Å². The SMILES string of the molecule is CC(C)(C)OC(=O)NCCOc1cccc2c(N)nccc12. The Balaban J connectivity index is 1.91. The molecule has 0 saturated heterocycles. The zero-order valence-electron chi connectivity index (χ0n) is 13.1. The first-order valence-corrected chi connectivity index (χ1v) is 7.10. The molecule has 1 amide bonds. The number of pyridine rings is 1. The van der Waals surface area contributed by atoms with Crippen LogP contribution in [0.4, 0.5) is 10.6 Å². The number of anilines is 1. The summed E-state index contributed by atoms with van der Waals surface area (Å²) in [6.07, 6.45) is 1.19. The molecule has 1 aromatic carbocycles. The molecule has 0 aliphatic carbocycles. The molecular formula is C16H21N3O3. The molecule has 118 valence electrons. The van der Waals surface area contributed by atoms with Gasteiger partial charge in [0, 0.05) is 17.0 Å². The van der Waals surface area contributed by atoms with Crippen molar-refractivity contribution in [1.82, 2.24) is 10.3 Å². The Hall–Kier alpha value is -2.50. The van der Waals surface area contributed by atoms with Gasteiger partial charge in [-0.3, -0.25) is 0 Å². The molecule has 2 aromatic rings. The maximum atomic E-state index is 11.5. The van der Waals surface area contributed by atoms with Gasteiger partial charge in [0.15, 0.2) is 0 Å². The number of hydrogen-bond donors (Lipinski definition) is 2. The third kappa shape index (κ3) is 4.25. The van der Waals surface area contributed by atoms with Crippen molar-refractivity contribution in [2.75, 3.05) is 18.9 Å². The van der Waals surface area contributed by atoms with Crippen molar-refractivity contribution < 1.29 is 14.3 Å². The summed E-state index contributed by atoms with van der Waals surface area (Å²) in [5.41, 5.74) is 5.33. The minimum absolute atomic E-state index is 0.334. The number of fused-ring (bicyclic) bond motifs is 1. The van der Waals surface area contributed by atoms with E-state index in [-0.39, 0.29) is 0 Å². The van der Waals surface area contributed by atoms with Gasteiger partial charge < -0.3 is 20.5 Å². The quantitative estimate of drug-likeness (QED) is 0.848. The Morgan fingerprint density at radius 1 is 1.27 bits per heavy atom. The minimum atomic E-state index is -0.509. The summed E-state index contributed by atoms with van der Waals surface area (Å²) in [7, 11) is 0. The number of nitrogens with zero attached hydrogens (tertiary/aromatic N) is 1. The van der Waals surface area contributed by atoms with Gasteiger partial charge in [0.05, 0.1) is 6.54 Å². The Kier molecular flexibility index (Phi) is 4.70. The minimum Gasteiger partial charge on any atom is -0.491 e. The van der Waals surface area contributed by atoms with Crippen LogP contribution in [-0.2, 0) is 4.74 Å². The number of hydrogen-bond acceptors (Lipinski definition) is 5. The van der Waals surface area contributed by atoms with Crippen molar-refractivity contribution in [2.45, 2.75) is 26.4 Å². The molecule has 6 nitrogen and oxygen atoms in total. The lowest BCUT2D eigenvalue weighted by atomic mass is 10.1. The van der Waals surface area contributed by atoms with Crippen LogP contribution in [0.1, 0.15) is 20.8 Å². The molecule has 0 radical (unpaired) electrons. The van der Waals surface area contributed by atoms with Gasteiger partial charge >= 0.3 is 6.09 Å². The second-order valence-corrected chi connectivity index (χ2v) is 5.82. The molecule has 6 heteroatoms. The number of carbonyl (C=O) groups excluding carboxylic acids is 1. The van der Waals surface area contributed by atoms with E-state index in [2.05, 4.69) is 10.3 Å². The maximum absolute atomic E-state index is 11.5. The number of nitrogens with one attached hydrogen (secondary N) is 1. The van der Waals surface area contributed by atoms with Crippen LogP contribution in [0.25, 0.3) is 10.8 Å². The van der Waals surface area contributed by atoms with Crippen molar-refractivity contribution in [1.29, 1.82) is 0 Å². The number of alkyl carbamates (subject to hydrolysis) is 1. The van der Waals surface area contributed by atoms with E-state index in [1.807, 2.05) is 45.0 Å². The molecule has 0 aliphatic rings. The molecule has 0 unspecified atom stereocenters. The van der Waals surface area contributed by atoms with Crippen molar-refractivity contribution in [3.8, 4) is 5.75 Å². The zero-order valence-corrected chi connectivity index (χ0v) is 13.1. The number of benzene rings is 1. The standard InChI is InChI=1S/C16H21N3O3/c1-16(2,3)22-15(20)19-9-10-21-13-6-4-5-12-11(13)7-8-18-14(12)17/h4-8H,9-10H2,1-3H3,(H2,17,18)(H,19,20). The highest BCUT2D eigenvalue weighted by molar-refractivity contribution is 5.94. The van der Waals surface area contributed by atoms with Crippen molar-refractivity contribution in [3.05, 3.63) is 30.5 Å². The molecule has 22 heavy (non-hydrogen) atoms. The Bertz CT molecular complexity index is 665. The molecule has 1 heterocycles. The average Bonchev–Trinajstić information content (AvgIpc) is 2.42. The van der Waals surface area contributed by atoms with Crippen LogP contribution >= 0.6 is 0 Å². The highest BCUT2D eigenvalue weighted by Crippen LogP contribution is 2.27. The fraction of sp³-hybridized carbons (Fsp3) is 0.375. The summed E-state index contributed by atoms with van der Waals surface area (Å²) < 4.78 is 10.8. The van der Waals surface area contributed by atoms with E-state index in [1.54, 1.807) is 6.20 Å². The van der Waals surface area contributed by atoms with Crippen LogP contribution in [-0.4, -0.2) is 29.8 Å². The fourth-order valence-corrected chi connectivity index (χ4v) is 1.96. The number of carbonyl (C=O) groups is 1. The first-order chi connectivity index (χ1) is 10.4. The van der Waals surface area contributed by atoms with Crippen LogP contribution in [0.15, 0.2) is 30.5 Å². The molecule has 2 rings (SSSR count). The predicted molar refractivity (Wildman–Crippen MR) is 85.9 cm³/mol. The van der Waals surface area contributed by atoms with Gasteiger partial charge in [0.25, 0.3) is 0 Å².